The van der Waals surface area contributed by atoms with Crippen LogP contribution in [0.15, 0.2) is 60.0 Å². The lowest BCUT2D eigenvalue weighted by molar-refractivity contribution is 0.465. The van der Waals surface area contributed by atoms with E-state index in [0.717, 1.165) is 27.7 Å². The molecule has 2 aromatic carbocycles. The first-order valence-electron chi connectivity index (χ1n) is 8.43. The standard InChI is InChI=1S/C20H23N3O2S/c1-5-12-23-16(3)20(15(2)21-23)14-22(4)26(24,25)19-11-10-17-8-6-7-9-18(17)13-19/h5-11,13H,1,12,14H2,2-4H3. The number of hydrogen-bond acceptors (Lipinski definition) is 3. The summed E-state index contributed by atoms with van der Waals surface area (Å²) in [4.78, 5) is 0.299. The van der Waals surface area contributed by atoms with Crippen molar-refractivity contribution in [2.24, 2.45) is 0 Å². The van der Waals surface area contributed by atoms with Crippen molar-refractivity contribution in [2.75, 3.05) is 7.05 Å². The second kappa shape index (κ2) is 7.05. The van der Waals surface area contributed by atoms with E-state index in [1.807, 2.05) is 48.9 Å². The number of hydrogen-bond donors (Lipinski definition) is 0. The molecular formula is C20H23N3O2S. The first-order chi connectivity index (χ1) is 12.3. The minimum atomic E-state index is -3.59. The maximum Gasteiger partial charge on any atom is 0.243 e. The zero-order valence-electron chi connectivity index (χ0n) is 15.3. The third-order valence-electron chi connectivity index (χ3n) is 4.64. The minimum absolute atomic E-state index is 0.282. The van der Waals surface area contributed by atoms with E-state index in [-0.39, 0.29) is 6.54 Å². The monoisotopic (exact) mass is 369 g/mol. The summed E-state index contributed by atoms with van der Waals surface area (Å²) in [5, 5.41) is 6.40. The fourth-order valence-electron chi connectivity index (χ4n) is 3.08. The molecule has 3 rings (SSSR count). The summed E-state index contributed by atoms with van der Waals surface area (Å²) >= 11 is 0. The van der Waals surface area contributed by atoms with Crippen molar-refractivity contribution in [3.63, 3.8) is 0 Å². The lowest BCUT2D eigenvalue weighted by atomic mass is 10.1. The molecule has 136 valence electrons. The molecule has 3 aromatic rings. The van der Waals surface area contributed by atoms with Gasteiger partial charge in [-0.2, -0.15) is 9.40 Å². The van der Waals surface area contributed by atoms with Crippen LogP contribution in [-0.4, -0.2) is 29.6 Å². The first kappa shape index (κ1) is 18.4. The van der Waals surface area contributed by atoms with E-state index < -0.39 is 10.0 Å². The van der Waals surface area contributed by atoms with Crippen LogP contribution in [0.3, 0.4) is 0 Å². The average Bonchev–Trinajstić information content (AvgIpc) is 2.89. The molecule has 0 saturated carbocycles. The van der Waals surface area contributed by atoms with E-state index in [1.54, 1.807) is 25.3 Å². The van der Waals surface area contributed by atoms with Gasteiger partial charge in [-0.25, -0.2) is 8.42 Å². The number of nitrogens with zero attached hydrogens (tertiary/aromatic N) is 3. The van der Waals surface area contributed by atoms with Crippen molar-refractivity contribution in [1.82, 2.24) is 14.1 Å². The summed E-state index contributed by atoms with van der Waals surface area (Å²) in [5.41, 5.74) is 2.73. The minimum Gasteiger partial charge on any atom is -0.265 e. The molecule has 0 unspecified atom stereocenters. The Morgan fingerprint density at radius 1 is 1.15 bits per heavy atom. The molecule has 0 fully saturated rings. The van der Waals surface area contributed by atoms with Gasteiger partial charge >= 0.3 is 0 Å². The van der Waals surface area contributed by atoms with Gasteiger partial charge in [0.05, 0.1) is 17.1 Å². The number of aryl methyl sites for hydroxylation is 1. The van der Waals surface area contributed by atoms with Crippen molar-refractivity contribution >= 4 is 20.8 Å². The number of benzene rings is 2. The number of aromatic nitrogens is 2. The van der Waals surface area contributed by atoms with Crippen LogP contribution in [0.1, 0.15) is 17.0 Å². The van der Waals surface area contributed by atoms with Crippen LogP contribution in [0.2, 0.25) is 0 Å². The van der Waals surface area contributed by atoms with Crippen LogP contribution < -0.4 is 0 Å². The largest absolute Gasteiger partial charge is 0.265 e. The Balaban J connectivity index is 1.93. The van der Waals surface area contributed by atoms with E-state index >= 15 is 0 Å². The summed E-state index contributed by atoms with van der Waals surface area (Å²) in [6.07, 6.45) is 1.78. The van der Waals surface area contributed by atoms with Gasteiger partial charge in [0, 0.05) is 24.8 Å². The van der Waals surface area contributed by atoms with Gasteiger partial charge in [0.1, 0.15) is 0 Å². The van der Waals surface area contributed by atoms with E-state index in [2.05, 4.69) is 11.7 Å². The molecule has 1 heterocycles. The van der Waals surface area contributed by atoms with Gasteiger partial charge in [-0.1, -0.05) is 36.4 Å². The quantitative estimate of drug-likeness (QED) is 0.623. The summed E-state index contributed by atoms with van der Waals surface area (Å²) < 4.78 is 29.3. The van der Waals surface area contributed by atoms with E-state index in [0.29, 0.717) is 11.4 Å². The van der Waals surface area contributed by atoms with Gasteiger partial charge in [-0.3, -0.25) is 4.68 Å². The van der Waals surface area contributed by atoms with E-state index in [4.69, 9.17) is 0 Å². The van der Waals surface area contributed by atoms with Crippen molar-refractivity contribution in [3.8, 4) is 0 Å². The first-order valence-corrected chi connectivity index (χ1v) is 9.87. The van der Waals surface area contributed by atoms with Crippen LogP contribution in [0.4, 0.5) is 0 Å². The lowest BCUT2D eigenvalue weighted by Crippen LogP contribution is -2.27. The maximum atomic E-state index is 13.0. The Bertz CT molecular complexity index is 1070. The van der Waals surface area contributed by atoms with Crippen molar-refractivity contribution in [1.29, 1.82) is 0 Å². The fraction of sp³-hybridized carbons (Fsp3) is 0.250. The van der Waals surface area contributed by atoms with Gasteiger partial charge in [0.25, 0.3) is 0 Å². The molecule has 0 amide bonds. The van der Waals surface area contributed by atoms with Crippen LogP contribution in [0, 0.1) is 13.8 Å². The molecular weight excluding hydrogens is 346 g/mol. The van der Waals surface area contributed by atoms with Gasteiger partial charge in [0.15, 0.2) is 0 Å². The summed E-state index contributed by atoms with van der Waals surface area (Å²) in [6, 6.07) is 13.0. The zero-order valence-corrected chi connectivity index (χ0v) is 16.1. The second-order valence-electron chi connectivity index (χ2n) is 6.39. The molecule has 0 radical (unpaired) electrons. The molecule has 6 heteroatoms. The molecule has 0 saturated heterocycles. The Kier molecular flexibility index (Phi) is 4.98. The number of sulfonamides is 1. The van der Waals surface area contributed by atoms with Crippen LogP contribution in [-0.2, 0) is 23.1 Å². The molecule has 0 bridgehead atoms. The highest BCUT2D eigenvalue weighted by Crippen LogP contribution is 2.24. The highest BCUT2D eigenvalue weighted by Gasteiger charge is 2.23. The Morgan fingerprint density at radius 2 is 1.85 bits per heavy atom. The average molecular weight is 369 g/mol. The molecule has 0 aliphatic heterocycles. The van der Waals surface area contributed by atoms with Crippen LogP contribution in [0.5, 0.6) is 0 Å². The summed E-state index contributed by atoms with van der Waals surface area (Å²) in [6.45, 7) is 8.48. The van der Waals surface area contributed by atoms with Crippen molar-refractivity contribution in [2.45, 2.75) is 31.8 Å². The third-order valence-corrected chi connectivity index (χ3v) is 6.44. The van der Waals surface area contributed by atoms with E-state index in [9.17, 15) is 8.42 Å². The van der Waals surface area contributed by atoms with Crippen molar-refractivity contribution < 1.29 is 8.42 Å². The highest BCUT2D eigenvalue weighted by molar-refractivity contribution is 7.89. The molecule has 0 atom stereocenters. The third kappa shape index (κ3) is 3.30. The van der Waals surface area contributed by atoms with Crippen LogP contribution >= 0.6 is 0 Å². The predicted octanol–water partition coefficient (Wildman–Crippen LogP) is 3.66. The van der Waals surface area contributed by atoms with Crippen LogP contribution in [0.25, 0.3) is 10.8 Å². The number of rotatable bonds is 6. The molecule has 0 N–H and O–H groups in total. The van der Waals surface area contributed by atoms with Gasteiger partial charge in [-0.05, 0) is 36.8 Å². The summed E-state index contributed by atoms with van der Waals surface area (Å²) in [7, 11) is -1.98. The molecule has 0 aliphatic carbocycles. The van der Waals surface area contributed by atoms with Gasteiger partial charge < -0.3 is 0 Å². The second-order valence-corrected chi connectivity index (χ2v) is 8.44. The topological polar surface area (TPSA) is 55.2 Å². The maximum absolute atomic E-state index is 13.0. The molecule has 5 nitrogen and oxygen atoms in total. The number of allylic oxidation sites excluding steroid dienone is 1. The number of fused-ring (bicyclic) bond motifs is 1. The molecule has 0 spiro atoms. The molecule has 0 aliphatic rings. The Hall–Kier alpha value is -2.44. The molecule has 26 heavy (non-hydrogen) atoms. The predicted molar refractivity (Wildman–Crippen MR) is 104 cm³/mol. The van der Waals surface area contributed by atoms with Gasteiger partial charge in [0.2, 0.25) is 10.0 Å². The lowest BCUT2D eigenvalue weighted by Gasteiger charge is -2.18. The highest BCUT2D eigenvalue weighted by atomic mass is 32.2. The Labute approximate surface area is 154 Å². The molecule has 1 aromatic heterocycles. The van der Waals surface area contributed by atoms with E-state index in [1.165, 1.54) is 4.31 Å². The SMILES string of the molecule is C=CCn1nc(C)c(CN(C)S(=O)(=O)c2ccc3ccccc3c2)c1C. The fourth-order valence-corrected chi connectivity index (χ4v) is 4.25. The Morgan fingerprint density at radius 3 is 2.54 bits per heavy atom. The zero-order chi connectivity index (χ0) is 18.9. The normalized spacial score (nSPS) is 12.0. The summed E-state index contributed by atoms with van der Waals surface area (Å²) in [5.74, 6) is 0. The van der Waals surface area contributed by atoms with Gasteiger partial charge in [-0.15, -0.1) is 6.58 Å². The van der Waals surface area contributed by atoms with Crippen molar-refractivity contribution in [3.05, 3.63) is 72.1 Å². The smallest absolute Gasteiger partial charge is 0.243 e.